The number of benzene rings is 2. The maximum atomic E-state index is 12.8. The molecule has 1 aromatic heterocycles. The fraction of sp³-hybridized carbons (Fsp3) is 0.318. The van der Waals surface area contributed by atoms with Gasteiger partial charge in [0.25, 0.3) is 5.91 Å². The number of thiazole rings is 1. The van der Waals surface area contributed by atoms with Crippen LogP contribution in [-0.2, 0) is 4.74 Å². The van der Waals surface area contributed by atoms with Crippen LogP contribution in [0.5, 0.6) is 5.75 Å². The van der Waals surface area contributed by atoms with Crippen molar-refractivity contribution >= 4 is 38.6 Å². The van der Waals surface area contributed by atoms with E-state index in [9.17, 15) is 9.59 Å². The Bertz CT molecular complexity index is 1060. The third kappa shape index (κ3) is 4.09. The van der Waals surface area contributed by atoms with Crippen LogP contribution in [-0.4, -0.2) is 61.7 Å². The van der Waals surface area contributed by atoms with Crippen LogP contribution in [0, 0.1) is 0 Å². The lowest BCUT2D eigenvalue weighted by molar-refractivity contribution is 0.0599. The fourth-order valence-electron chi connectivity index (χ4n) is 3.43. The number of fused-ring (bicyclic) bond motifs is 1. The number of hydrogen-bond acceptors (Lipinski definition) is 7. The van der Waals surface area contributed by atoms with E-state index in [4.69, 9.17) is 14.5 Å². The number of ether oxygens (including phenoxy) is 2. The van der Waals surface area contributed by atoms with Crippen molar-refractivity contribution < 1.29 is 19.1 Å². The molecule has 0 radical (unpaired) electrons. The van der Waals surface area contributed by atoms with Crippen molar-refractivity contribution in [2.75, 3.05) is 44.8 Å². The highest BCUT2D eigenvalue weighted by Crippen LogP contribution is 2.32. The Labute approximate surface area is 178 Å². The summed E-state index contributed by atoms with van der Waals surface area (Å²) in [7, 11) is 1.34. The highest BCUT2D eigenvalue weighted by molar-refractivity contribution is 7.22. The second kappa shape index (κ2) is 8.71. The van der Waals surface area contributed by atoms with Crippen LogP contribution < -0.4 is 9.64 Å². The molecule has 0 atom stereocenters. The molecule has 30 heavy (non-hydrogen) atoms. The quantitative estimate of drug-likeness (QED) is 0.583. The van der Waals surface area contributed by atoms with E-state index in [-0.39, 0.29) is 5.91 Å². The van der Waals surface area contributed by atoms with Crippen LogP contribution in [0.3, 0.4) is 0 Å². The molecular weight excluding hydrogens is 402 g/mol. The van der Waals surface area contributed by atoms with Crippen molar-refractivity contribution in [2.45, 2.75) is 6.92 Å². The van der Waals surface area contributed by atoms with Gasteiger partial charge < -0.3 is 19.3 Å². The molecule has 7 nitrogen and oxygen atoms in total. The molecule has 1 aliphatic rings. The summed E-state index contributed by atoms with van der Waals surface area (Å²) in [4.78, 5) is 33.1. The van der Waals surface area contributed by atoms with Crippen molar-refractivity contribution in [3.63, 3.8) is 0 Å². The predicted octanol–water partition coefficient (Wildman–Crippen LogP) is 3.44. The average Bonchev–Trinajstić information content (AvgIpc) is 3.22. The first kappa shape index (κ1) is 20.2. The summed E-state index contributed by atoms with van der Waals surface area (Å²) in [6.07, 6.45) is 0. The molecule has 8 heteroatoms. The van der Waals surface area contributed by atoms with Gasteiger partial charge in [0, 0.05) is 31.7 Å². The molecule has 0 bridgehead atoms. The molecule has 4 rings (SSSR count). The van der Waals surface area contributed by atoms with Crippen LogP contribution >= 0.6 is 11.3 Å². The van der Waals surface area contributed by atoms with Gasteiger partial charge in [-0.2, -0.15) is 0 Å². The van der Waals surface area contributed by atoms with Crippen LogP contribution in [0.1, 0.15) is 27.6 Å². The summed E-state index contributed by atoms with van der Waals surface area (Å²) in [5, 5.41) is 0.966. The molecule has 1 fully saturated rings. The molecule has 1 amide bonds. The first-order valence-corrected chi connectivity index (χ1v) is 10.7. The molecule has 1 aliphatic heterocycles. The summed E-state index contributed by atoms with van der Waals surface area (Å²) >= 11 is 1.64. The number of nitrogens with zero attached hydrogens (tertiary/aromatic N) is 3. The number of carbonyl (C=O) groups is 2. The first-order valence-electron chi connectivity index (χ1n) is 9.85. The normalized spacial score (nSPS) is 14.1. The summed E-state index contributed by atoms with van der Waals surface area (Å²) in [6, 6.07) is 12.5. The van der Waals surface area contributed by atoms with E-state index in [1.165, 1.54) is 7.11 Å². The molecule has 0 spiro atoms. The summed E-state index contributed by atoms with van der Waals surface area (Å²) in [6.45, 7) is 5.30. The molecule has 2 aromatic carbocycles. The molecule has 156 valence electrons. The van der Waals surface area contributed by atoms with E-state index in [0.717, 1.165) is 34.2 Å². The Morgan fingerprint density at radius 3 is 2.40 bits per heavy atom. The van der Waals surface area contributed by atoms with Gasteiger partial charge in [0.15, 0.2) is 5.13 Å². The topological polar surface area (TPSA) is 72.0 Å². The molecular formula is C22H23N3O4S. The fourth-order valence-corrected chi connectivity index (χ4v) is 4.48. The van der Waals surface area contributed by atoms with Crippen molar-refractivity contribution in [1.82, 2.24) is 9.88 Å². The maximum absolute atomic E-state index is 12.8. The van der Waals surface area contributed by atoms with Crippen molar-refractivity contribution in [2.24, 2.45) is 0 Å². The predicted molar refractivity (Wildman–Crippen MR) is 117 cm³/mol. The van der Waals surface area contributed by atoms with Crippen LogP contribution in [0.25, 0.3) is 10.2 Å². The van der Waals surface area contributed by atoms with E-state index in [1.807, 2.05) is 30.0 Å². The third-order valence-electron chi connectivity index (χ3n) is 5.05. The largest absolute Gasteiger partial charge is 0.494 e. The Morgan fingerprint density at radius 2 is 1.73 bits per heavy atom. The van der Waals surface area contributed by atoms with Gasteiger partial charge in [0.05, 0.1) is 29.5 Å². The Hall–Kier alpha value is -3.13. The van der Waals surface area contributed by atoms with E-state index in [0.29, 0.717) is 30.8 Å². The van der Waals surface area contributed by atoms with Gasteiger partial charge in [-0.25, -0.2) is 9.78 Å². The molecule has 1 saturated heterocycles. The standard InChI is InChI=1S/C22H23N3O4S/c1-3-29-17-8-9-18-19(14-17)30-22(23-18)25-12-10-24(11-13-25)20(26)15-4-6-16(7-5-15)21(27)28-2/h4-9,14H,3,10-13H2,1-2H3. The molecule has 3 aromatic rings. The van der Waals surface area contributed by atoms with Crippen molar-refractivity contribution in [1.29, 1.82) is 0 Å². The van der Waals surface area contributed by atoms with Gasteiger partial charge in [-0.15, -0.1) is 0 Å². The zero-order valence-corrected chi connectivity index (χ0v) is 17.8. The molecule has 2 heterocycles. The number of aromatic nitrogens is 1. The lowest BCUT2D eigenvalue weighted by atomic mass is 10.1. The van der Waals surface area contributed by atoms with Gasteiger partial charge in [-0.1, -0.05) is 11.3 Å². The molecule has 0 aliphatic carbocycles. The van der Waals surface area contributed by atoms with Crippen LogP contribution in [0.2, 0.25) is 0 Å². The average molecular weight is 426 g/mol. The second-order valence-corrected chi connectivity index (χ2v) is 7.92. The van der Waals surface area contributed by atoms with Gasteiger partial charge in [-0.3, -0.25) is 4.79 Å². The summed E-state index contributed by atoms with van der Waals surface area (Å²) in [5.41, 5.74) is 1.96. The van der Waals surface area contributed by atoms with Crippen molar-refractivity contribution in [3.05, 3.63) is 53.6 Å². The van der Waals surface area contributed by atoms with E-state index in [1.54, 1.807) is 35.6 Å². The molecule has 0 unspecified atom stereocenters. The van der Waals surface area contributed by atoms with Gasteiger partial charge in [-0.05, 0) is 49.4 Å². The summed E-state index contributed by atoms with van der Waals surface area (Å²) in [5.74, 6) is 0.414. The van der Waals surface area contributed by atoms with Gasteiger partial charge in [0.2, 0.25) is 0 Å². The highest BCUT2D eigenvalue weighted by atomic mass is 32.1. The van der Waals surface area contributed by atoms with Gasteiger partial charge in [0.1, 0.15) is 5.75 Å². The summed E-state index contributed by atoms with van der Waals surface area (Å²) < 4.78 is 11.4. The number of amides is 1. The molecule has 0 N–H and O–H groups in total. The second-order valence-electron chi connectivity index (χ2n) is 6.91. The zero-order valence-electron chi connectivity index (χ0n) is 17.0. The minimum atomic E-state index is -0.410. The van der Waals surface area contributed by atoms with E-state index >= 15 is 0 Å². The first-order chi connectivity index (χ1) is 14.6. The number of hydrogen-bond donors (Lipinski definition) is 0. The SMILES string of the molecule is CCOc1ccc2nc(N3CCN(C(=O)c4ccc(C(=O)OC)cc4)CC3)sc2c1. The number of piperazine rings is 1. The smallest absolute Gasteiger partial charge is 0.337 e. The maximum Gasteiger partial charge on any atom is 0.337 e. The lowest BCUT2D eigenvalue weighted by Gasteiger charge is -2.34. The van der Waals surface area contributed by atoms with Crippen molar-refractivity contribution in [3.8, 4) is 5.75 Å². The van der Waals surface area contributed by atoms with E-state index in [2.05, 4.69) is 4.90 Å². The zero-order chi connectivity index (χ0) is 21.1. The number of esters is 1. The Morgan fingerprint density at radius 1 is 1.03 bits per heavy atom. The molecule has 0 saturated carbocycles. The minimum absolute atomic E-state index is 0.0308. The highest BCUT2D eigenvalue weighted by Gasteiger charge is 2.24. The monoisotopic (exact) mass is 425 g/mol. The van der Waals surface area contributed by atoms with E-state index < -0.39 is 5.97 Å². The number of rotatable bonds is 5. The minimum Gasteiger partial charge on any atom is -0.494 e. The number of methoxy groups -OCH3 is 1. The number of carbonyl (C=O) groups excluding carboxylic acids is 2. The van der Waals surface area contributed by atoms with Gasteiger partial charge >= 0.3 is 5.97 Å². The Balaban J connectivity index is 1.40. The van der Waals surface area contributed by atoms with Crippen LogP contribution in [0.15, 0.2) is 42.5 Å². The van der Waals surface area contributed by atoms with Crippen LogP contribution in [0.4, 0.5) is 5.13 Å². The Kier molecular flexibility index (Phi) is 5.85. The third-order valence-corrected chi connectivity index (χ3v) is 6.13. The lowest BCUT2D eigenvalue weighted by Crippen LogP contribution is -2.48. The number of anilines is 1.